The summed E-state index contributed by atoms with van der Waals surface area (Å²) in [5.74, 6) is -0.0424. The normalized spacial score (nSPS) is 15.1. The first-order chi connectivity index (χ1) is 18.7. The number of imide groups is 1. The number of fused-ring (bicyclic) bond motifs is 1. The minimum atomic E-state index is -0.939. The Hall–Kier alpha value is -3.68. The summed E-state index contributed by atoms with van der Waals surface area (Å²) >= 11 is 0. The van der Waals surface area contributed by atoms with Gasteiger partial charge in [-0.05, 0) is 63.6 Å². The van der Waals surface area contributed by atoms with Crippen LogP contribution in [0, 0.1) is 5.92 Å². The highest BCUT2D eigenvalue weighted by molar-refractivity contribution is 6.01. The standard InChI is InChI=1S/C31H39N3O5/c1-31(2,3)39-30(37)34(21-20-23-14-8-5-9-15-23)29(36)33-25(19-18-22-12-6-4-7-13-22)27(35)28-32-24-16-10-11-17-26(24)38-28/h4,6-7,10-13,16-17,23,25H,5,8-9,14-15,18-21H2,1-3H3,(H,33,36)/t25-/m0/s1. The maximum absolute atomic E-state index is 13.6. The first-order valence-corrected chi connectivity index (χ1v) is 13.9. The largest absolute Gasteiger partial charge is 0.443 e. The fraction of sp³-hybridized carbons (Fsp3) is 0.484. The molecule has 1 aliphatic rings. The first kappa shape index (κ1) is 28.3. The van der Waals surface area contributed by atoms with Crippen LogP contribution in [0.2, 0.25) is 0 Å². The molecule has 2 aromatic carbocycles. The molecule has 0 saturated heterocycles. The number of ketones is 1. The lowest BCUT2D eigenvalue weighted by atomic mass is 9.87. The van der Waals surface area contributed by atoms with Crippen LogP contribution in [0.5, 0.6) is 0 Å². The van der Waals surface area contributed by atoms with Crippen molar-refractivity contribution < 1.29 is 23.5 Å². The number of rotatable bonds is 9. The van der Waals surface area contributed by atoms with Gasteiger partial charge in [-0.2, -0.15) is 0 Å². The molecule has 1 fully saturated rings. The molecule has 1 N–H and O–H groups in total. The van der Waals surface area contributed by atoms with E-state index in [1.807, 2.05) is 42.5 Å². The highest BCUT2D eigenvalue weighted by atomic mass is 16.6. The van der Waals surface area contributed by atoms with Gasteiger partial charge in [0.2, 0.25) is 5.78 Å². The van der Waals surface area contributed by atoms with Crippen LogP contribution in [0.4, 0.5) is 9.59 Å². The molecule has 0 radical (unpaired) electrons. The second-order valence-corrected chi connectivity index (χ2v) is 11.3. The lowest BCUT2D eigenvalue weighted by Crippen LogP contribution is -2.51. The van der Waals surface area contributed by atoms with Crippen LogP contribution in [0.3, 0.4) is 0 Å². The molecule has 0 aliphatic heterocycles. The van der Waals surface area contributed by atoms with Crippen molar-refractivity contribution in [1.29, 1.82) is 0 Å². The Kier molecular flexibility index (Phi) is 9.38. The number of Topliss-reactive ketones (excluding diaryl/α,β-unsaturated/α-hetero) is 1. The molecule has 8 heteroatoms. The van der Waals surface area contributed by atoms with E-state index in [0.717, 1.165) is 23.3 Å². The Bertz CT molecular complexity index is 1220. The van der Waals surface area contributed by atoms with E-state index < -0.39 is 29.6 Å². The number of amides is 3. The molecule has 1 aliphatic carbocycles. The van der Waals surface area contributed by atoms with Gasteiger partial charge in [-0.1, -0.05) is 74.6 Å². The minimum absolute atomic E-state index is 0.0689. The maximum Gasteiger partial charge on any atom is 0.418 e. The molecular weight excluding hydrogens is 494 g/mol. The zero-order valence-corrected chi connectivity index (χ0v) is 23.2. The number of hydrogen-bond acceptors (Lipinski definition) is 6. The van der Waals surface area contributed by atoms with E-state index in [1.165, 1.54) is 19.3 Å². The van der Waals surface area contributed by atoms with E-state index in [2.05, 4.69) is 10.3 Å². The number of oxazole rings is 1. The van der Waals surface area contributed by atoms with Crippen molar-refractivity contribution in [1.82, 2.24) is 15.2 Å². The molecule has 8 nitrogen and oxygen atoms in total. The van der Waals surface area contributed by atoms with Crippen molar-refractivity contribution in [3.63, 3.8) is 0 Å². The number of carbonyl (C=O) groups excluding carboxylic acids is 3. The van der Waals surface area contributed by atoms with E-state index in [0.29, 0.717) is 36.3 Å². The number of nitrogens with one attached hydrogen (secondary N) is 1. The summed E-state index contributed by atoms with van der Waals surface area (Å²) in [5.41, 5.74) is 1.33. The fourth-order valence-electron chi connectivity index (χ4n) is 4.96. The predicted octanol–water partition coefficient (Wildman–Crippen LogP) is 6.93. The Morgan fingerprint density at radius 2 is 1.72 bits per heavy atom. The smallest absolute Gasteiger partial charge is 0.418 e. The zero-order valence-electron chi connectivity index (χ0n) is 23.2. The molecule has 0 spiro atoms. The molecule has 208 valence electrons. The summed E-state index contributed by atoms with van der Waals surface area (Å²) in [5, 5.41) is 2.82. The average Bonchev–Trinajstić information content (AvgIpc) is 3.35. The van der Waals surface area contributed by atoms with Gasteiger partial charge in [0.1, 0.15) is 11.1 Å². The van der Waals surface area contributed by atoms with Crippen molar-refractivity contribution in [2.45, 2.75) is 83.8 Å². The second-order valence-electron chi connectivity index (χ2n) is 11.3. The van der Waals surface area contributed by atoms with Gasteiger partial charge in [0, 0.05) is 6.54 Å². The van der Waals surface area contributed by atoms with E-state index in [-0.39, 0.29) is 12.4 Å². The molecule has 3 aromatic rings. The number of aromatic nitrogens is 1. The third-order valence-corrected chi connectivity index (χ3v) is 7.03. The second kappa shape index (κ2) is 12.9. The lowest BCUT2D eigenvalue weighted by Gasteiger charge is -2.29. The van der Waals surface area contributed by atoms with Crippen molar-refractivity contribution in [3.8, 4) is 0 Å². The minimum Gasteiger partial charge on any atom is -0.443 e. The van der Waals surface area contributed by atoms with E-state index in [4.69, 9.17) is 9.15 Å². The van der Waals surface area contributed by atoms with E-state index in [1.54, 1.807) is 32.9 Å². The molecule has 1 aromatic heterocycles. The topological polar surface area (TPSA) is 102 Å². The Balaban J connectivity index is 1.54. The summed E-state index contributed by atoms with van der Waals surface area (Å²) in [7, 11) is 0. The zero-order chi connectivity index (χ0) is 27.8. The summed E-state index contributed by atoms with van der Waals surface area (Å²) in [6.45, 7) is 5.53. The Morgan fingerprint density at radius 1 is 1.03 bits per heavy atom. The third kappa shape index (κ3) is 8.15. The SMILES string of the molecule is CC(C)(C)OC(=O)N(CCC1CCCCC1)C(=O)N[C@@H](CCc1ccccc1)C(=O)c1nc2ccccc2o1. The lowest BCUT2D eigenvalue weighted by molar-refractivity contribution is 0.0306. The van der Waals surface area contributed by atoms with Gasteiger partial charge >= 0.3 is 12.1 Å². The van der Waals surface area contributed by atoms with Crippen molar-refractivity contribution >= 4 is 29.0 Å². The van der Waals surface area contributed by atoms with Gasteiger partial charge in [0.15, 0.2) is 5.58 Å². The number of carbonyl (C=O) groups is 3. The molecule has 1 heterocycles. The summed E-state index contributed by atoms with van der Waals surface area (Å²) in [6.07, 6.45) is 6.62. The van der Waals surface area contributed by atoms with Gasteiger partial charge in [-0.25, -0.2) is 19.5 Å². The van der Waals surface area contributed by atoms with Gasteiger partial charge in [0.05, 0.1) is 6.04 Å². The Labute approximate surface area is 230 Å². The number of hydrogen-bond donors (Lipinski definition) is 1. The van der Waals surface area contributed by atoms with Crippen molar-refractivity contribution in [3.05, 3.63) is 66.1 Å². The summed E-state index contributed by atoms with van der Waals surface area (Å²) < 4.78 is 11.3. The van der Waals surface area contributed by atoms with Crippen LogP contribution < -0.4 is 5.32 Å². The quantitative estimate of drug-likeness (QED) is 0.299. The molecule has 1 atom stereocenters. The first-order valence-electron chi connectivity index (χ1n) is 13.9. The van der Waals surface area contributed by atoms with Crippen molar-refractivity contribution in [2.75, 3.05) is 6.54 Å². The molecule has 0 bridgehead atoms. The van der Waals surface area contributed by atoms with Crippen LogP contribution in [0.25, 0.3) is 11.1 Å². The highest BCUT2D eigenvalue weighted by Gasteiger charge is 2.33. The number of benzene rings is 2. The molecule has 0 unspecified atom stereocenters. The molecule has 39 heavy (non-hydrogen) atoms. The monoisotopic (exact) mass is 533 g/mol. The van der Waals surface area contributed by atoms with Crippen LogP contribution in [-0.4, -0.2) is 46.0 Å². The molecule has 4 rings (SSSR count). The number of ether oxygens (including phenoxy) is 1. The van der Waals surface area contributed by atoms with Gasteiger partial charge in [-0.15, -0.1) is 0 Å². The fourth-order valence-corrected chi connectivity index (χ4v) is 4.96. The molecule has 3 amide bonds. The molecule has 1 saturated carbocycles. The molecular formula is C31H39N3O5. The van der Waals surface area contributed by atoms with Gasteiger partial charge in [-0.3, -0.25) is 4.79 Å². The van der Waals surface area contributed by atoms with Crippen LogP contribution in [-0.2, 0) is 11.2 Å². The maximum atomic E-state index is 13.6. The van der Waals surface area contributed by atoms with Crippen molar-refractivity contribution in [2.24, 2.45) is 5.92 Å². The van der Waals surface area contributed by atoms with Crippen LogP contribution in [0.15, 0.2) is 59.0 Å². The van der Waals surface area contributed by atoms with Gasteiger partial charge in [0.25, 0.3) is 5.89 Å². The number of aryl methyl sites for hydroxylation is 1. The number of urea groups is 1. The van der Waals surface area contributed by atoms with E-state index >= 15 is 0 Å². The Morgan fingerprint density at radius 3 is 2.41 bits per heavy atom. The highest BCUT2D eigenvalue weighted by Crippen LogP contribution is 2.27. The van der Waals surface area contributed by atoms with Gasteiger partial charge < -0.3 is 14.5 Å². The van der Waals surface area contributed by atoms with Crippen LogP contribution >= 0.6 is 0 Å². The number of para-hydroxylation sites is 2. The van der Waals surface area contributed by atoms with Crippen LogP contribution in [0.1, 0.15) is 82.0 Å². The number of nitrogens with zero attached hydrogens (tertiary/aromatic N) is 2. The summed E-state index contributed by atoms with van der Waals surface area (Å²) in [4.78, 5) is 45.7. The predicted molar refractivity (Wildman–Crippen MR) is 150 cm³/mol. The third-order valence-electron chi connectivity index (χ3n) is 7.03. The average molecular weight is 534 g/mol. The van der Waals surface area contributed by atoms with E-state index in [9.17, 15) is 14.4 Å². The summed E-state index contributed by atoms with van der Waals surface area (Å²) in [6, 6.07) is 15.3.